The summed E-state index contributed by atoms with van der Waals surface area (Å²) in [6.45, 7) is 0.718. The van der Waals surface area contributed by atoms with Gasteiger partial charge < -0.3 is 9.30 Å². The average molecular weight is 342 g/mol. The number of rotatable bonds is 4. The number of carbonyl (C=O) groups excluding carboxylic acids is 1. The lowest BCUT2D eigenvalue weighted by atomic mass is 10.2. The Hall–Kier alpha value is -2.79. The molecule has 0 aliphatic heterocycles. The van der Waals surface area contributed by atoms with E-state index in [0.29, 0.717) is 0 Å². The van der Waals surface area contributed by atoms with Gasteiger partial charge in [-0.2, -0.15) is 5.10 Å². The van der Waals surface area contributed by atoms with E-state index >= 15 is 0 Å². The molecule has 5 nitrogen and oxygen atoms in total. The van der Waals surface area contributed by atoms with Gasteiger partial charge >= 0.3 is 6.09 Å². The first-order chi connectivity index (χ1) is 11.7. The van der Waals surface area contributed by atoms with Gasteiger partial charge in [-0.15, -0.1) is 0 Å². The third kappa shape index (κ3) is 3.58. The fourth-order valence-corrected chi connectivity index (χ4v) is 2.62. The van der Waals surface area contributed by atoms with Crippen LogP contribution in [-0.2, 0) is 11.3 Å². The van der Waals surface area contributed by atoms with E-state index in [1.807, 2.05) is 48.7 Å². The van der Waals surface area contributed by atoms with Crippen LogP contribution in [0.5, 0.6) is 0 Å². The summed E-state index contributed by atoms with van der Waals surface area (Å²) in [5.74, 6) is 0. The summed E-state index contributed by atoms with van der Waals surface area (Å²) in [6.07, 6.45) is 3.01. The molecule has 0 saturated carbocycles. The minimum absolute atomic E-state index is 0.601. The van der Waals surface area contributed by atoms with Gasteiger partial charge in [0.1, 0.15) is 0 Å². The SMILES string of the molecule is COC(=O)N/N=C/c1cn(Cc2ccc(Cl)cc2)c2ccccc12. The summed E-state index contributed by atoms with van der Waals surface area (Å²) in [6, 6.07) is 15.8. The van der Waals surface area contributed by atoms with Crippen molar-refractivity contribution in [1.29, 1.82) is 0 Å². The average Bonchev–Trinajstić information content (AvgIpc) is 2.95. The predicted octanol–water partition coefficient (Wildman–Crippen LogP) is 4.03. The predicted molar refractivity (Wildman–Crippen MR) is 95.6 cm³/mol. The number of hydrazone groups is 1. The lowest BCUT2D eigenvalue weighted by Gasteiger charge is -2.05. The molecule has 2 aromatic carbocycles. The molecule has 1 aromatic heterocycles. The molecule has 6 heteroatoms. The van der Waals surface area contributed by atoms with Crippen LogP contribution in [0.2, 0.25) is 5.02 Å². The highest BCUT2D eigenvalue weighted by atomic mass is 35.5. The Labute approximate surface area is 144 Å². The summed E-state index contributed by atoms with van der Waals surface area (Å²) in [7, 11) is 1.29. The van der Waals surface area contributed by atoms with Crippen LogP contribution in [0.4, 0.5) is 4.79 Å². The molecule has 0 fully saturated rings. The lowest BCUT2D eigenvalue weighted by Crippen LogP contribution is -2.16. The van der Waals surface area contributed by atoms with Crippen LogP contribution in [0, 0.1) is 0 Å². The van der Waals surface area contributed by atoms with E-state index in [4.69, 9.17) is 11.6 Å². The maximum absolute atomic E-state index is 11.1. The van der Waals surface area contributed by atoms with Crippen molar-refractivity contribution in [2.45, 2.75) is 6.54 Å². The van der Waals surface area contributed by atoms with Crippen molar-refractivity contribution in [1.82, 2.24) is 9.99 Å². The van der Waals surface area contributed by atoms with E-state index in [1.54, 1.807) is 6.21 Å². The van der Waals surface area contributed by atoms with Gasteiger partial charge in [0.2, 0.25) is 0 Å². The van der Waals surface area contributed by atoms with Gasteiger partial charge in [-0.25, -0.2) is 10.2 Å². The molecule has 0 spiro atoms. The second-order valence-electron chi connectivity index (χ2n) is 5.22. The lowest BCUT2D eigenvalue weighted by molar-refractivity contribution is 0.171. The normalized spacial score (nSPS) is 11.1. The largest absolute Gasteiger partial charge is 0.452 e. The van der Waals surface area contributed by atoms with Crippen molar-refractivity contribution in [3.05, 3.63) is 70.9 Å². The quantitative estimate of drug-likeness (QED) is 0.575. The third-order valence-electron chi connectivity index (χ3n) is 3.63. The van der Waals surface area contributed by atoms with Gasteiger partial charge in [-0.1, -0.05) is 41.9 Å². The van der Waals surface area contributed by atoms with Crippen LogP contribution in [-0.4, -0.2) is 24.0 Å². The maximum Gasteiger partial charge on any atom is 0.427 e. The van der Waals surface area contributed by atoms with Gasteiger partial charge in [-0.3, -0.25) is 0 Å². The maximum atomic E-state index is 11.1. The molecule has 3 aromatic rings. The van der Waals surface area contributed by atoms with Crippen molar-refractivity contribution < 1.29 is 9.53 Å². The van der Waals surface area contributed by atoms with Gasteiger partial charge in [0.25, 0.3) is 0 Å². The van der Waals surface area contributed by atoms with Gasteiger partial charge in [-0.05, 0) is 23.8 Å². The molecule has 0 aliphatic rings. The second kappa shape index (κ2) is 7.19. The molecule has 0 unspecified atom stereocenters. The van der Waals surface area contributed by atoms with E-state index < -0.39 is 6.09 Å². The first-order valence-electron chi connectivity index (χ1n) is 7.36. The molecule has 3 rings (SSSR count). The highest BCUT2D eigenvalue weighted by Gasteiger charge is 2.07. The monoisotopic (exact) mass is 341 g/mol. The molecule has 1 amide bonds. The van der Waals surface area contributed by atoms with Crippen LogP contribution in [0.25, 0.3) is 10.9 Å². The molecule has 24 heavy (non-hydrogen) atoms. The van der Waals surface area contributed by atoms with Crippen molar-refractivity contribution in [2.24, 2.45) is 5.10 Å². The minimum Gasteiger partial charge on any atom is -0.452 e. The molecule has 1 N–H and O–H groups in total. The number of hydrogen-bond acceptors (Lipinski definition) is 3. The standard InChI is InChI=1S/C18H16ClN3O2/c1-24-18(23)21-20-10-14-12-22(17-5-3-2-4-16(14)17)11-13-6-8-15(19)9-7-13/h2-10,12H,11H2,1H3,(H,21,23)/b20-10+. The Morgan fingerprint density at radius 1 is 1.25 bits per heavy atom. The molecular weight excluding hydrogens is 326 g/mol. The zero-order valence-electron chi connectivity index (χ0n) is 13.1. The van der Waals surface area contributed by atoms with Crippen LogP contribution < -0.4 is 5.43 Å². The van der Waals surface area contributed by atoms with Gasteiger partial charge in [0.15, 0.2) is 0 Å². The minimum atomic E-state index is -0.601. The van der Waals surface area contributed by atoms with Crippen molar-refractivity contribution >= 4 is 34.8 Å². The Balaban J connectivity index is 1.91. The fourth-order valence-electron chi connectivity index (χ4n) is 2.50. The van der Waals surface area contributed by atoms with Crippen LogP contribution in [0.3, 0.4) is 0 Å². The zero-order chi connectivity index (χ0) is 16.9. The smallest absolute Gasteiger partial charge is 0.427 e. The number of carbonyl (C=O) groups is 1. The van der Waals surface area contributed by atoms with Crippen molar-refractivity contribution in [3.63, 3.8) is 0 Å². The molecule has 0 bridgehead atoms. The molecular formula is C18H16ClN3O2. The summed E-state index contributed by atoms with van der Waals surface area (Å²) < 4.78 is 6.63. The number of amides is 1. The number of methoxy groups -OCH3 is 1. The number of benzene rings is 2. The number of nitrogens with zero attached hydrogens (tertiary/aromatic N) is 2. The second-order valence-corrected chi connectivity index (χ2v) is 5.65. The van der Waals surface area contributed by atoms with E-state index in [-0.39, 0.29) is 0 Å². The zero-order valence-corrected chi connectivity index (χ0v) is 13.8. The number of halogens is 1. The van der Waals surface area contributed by atoms with Crippen molar-refractivity contribution in [2.75, 3.05) is 7.11 Å². The number of hydrogen-bond donors (Lipinski definition) is 1. The number of para-hydroxylation sites is 1. The number of aromatic nitrogens is 1. The molecule has 122 valence electrons. The first-order valence-corrected chi connectivity index (χ1v) is 7.74. The van der Waals surface area contributed by atoms with Crippen LogP contribution >= 0.6 is 11.6 Å². The number of fused-ring (bicyclic) bond motifs is 1. The summed E-state index contributed by atoms with van der Waals surface area (Å²) >= 11 is 5.94. The Morgan fingerprint density at radius 3 is 2.75 bits per heavy atom. The van der Waals surface area contributed by atoms with Crippen LogP contribution in [0.15, 0.2) is 59.8 Å². The van der Waals surface area contributed by atoms with E-state index in [2.05, 4.69) is 25.9 Å². The molecule has 0 saturated heterocycles. The Kier molecular flexibility index (Phi) is 4.82. The Morgan fingerprint density at radius 2 is 2.00 bits per heavy atom. The molecule has 0 aliphatic carbocycles. The summed E-state index contributed by atoms with van der Waals surface area (Å²) in [4.78, 5) is 11.1. The third-order valence-corrected chi connectivity index (χ3v) is 3.88. The summed E-state index contributed by atoms with van der Waals surface area (Å²) in [5, 5.41) is 5.69. The summed E-state index contributed by atoms with van der Waals surface area (Å²) in [5.41, 5.74) is 5.45. The highest BCUT2D eigenvalue weighted by molar-refractivity contribution is 6.30. The van der Waals surface area contributed by atoms with Gasteiger partial charge in [0.05, 0.1) is 13.3 Å². The molecule has 1 heterocycles. The highest BCUT2D eigenvalue weighted by Crippen LogP contribution is 2.21. The van der Waals surface area contributed by atoms with E-state index in [1.165, 1.54) is 7.11 Å². The van der Waals surface area contributed by atoms with E-state index in [9.17, 15) is 4.79 Å². The number of ether oxygens (including phenoxy) is 1. The fraction of sp³-hybridized carbons (Fsp3) is 0.111. The number of nitrogens with one attached hydrogen (secondary N) is 1. The molecule has 0 atom stereocenters. The topological polar surface area (TPSA) is 55.6 Å². The van der Waals surface area contributed by atoms with Crippen molar-refractivity contribution in [3.8, 4) is 0 Å². The van der Waals surface area contributed by atoms with Gasteiger partial charge in [0, 0.05) is 34.2 Å². The van der Waals surface area contributed by atoms with Crippen LogP contribution in [0.1, 0.15) is 11.1 Å². The Bertz CT molecular complexity index is 885. The van der Waals surface area contributed by atoms with E-state index in [0.717, 1.165) is 33.6 Å². The molecule has 0 radical (unpaired) electrons. The first kappa shape index (κ1) is 16.1.